The van der Waals surface area contributed by atoms with Crippen molar-refractivity contribution in [2.75, 3.05) is 30.4 Å². The zero-order chi connectivity index (χ0) is 24.8. The number of fused-ring (bicyclic) bond motifs is 1. The lowest BCUT2D eigenvalue weighted by atomic mass is 10.1. The number of amides is 2. The molecule has 7 nitrogen and oxygen atoms in total. The number of piperidine rings is 1. The van der Waals surface area contributed by atoms with Crippen LogP contribution >= 0.6 is 15.9 Å². The van der Waals surface area contributed by atoms with E-state index in [0.717, 1.165) is 45.4 Å². The predicted molar refractivity (Wildman–Crippen MR) is 143 cm³/mol. The van der Waals surface area contributed by atoms with E-state index >= 15 is 0 Å². The summed E-state index contributed by atoms with van der Waals surface area (Å²) in [5.74, 6) is 1.34. The van der Waals surface area contributed by atoms with E-state index in [1.165, 1.54) is 19.3 Å². The van der Waals surface area contributed by atoms with Gasteiger partial charge in [-0.2, -0.15) is 0 Å². The van der Waals surface area contributed by atoms with Crippen LogP contribution < -0.4 is 20.3 Å². The monoisotopic (exact) mass is 538 g/mol. The van der Waals surface area contributed by atoms with Crippen molar-refractivity contribution in [2.24, 2.45) is 0 Å². The maximum atomic E-state index is 12.5. The fourth-order valence-corrected chi connectivity index (χ4v) is 4.77. The maximum Gasteiger partial charge on any atom is 0.224 e. The van der Waals surface area contributed by atoms with Crippen molar-refractivity contribution in [3.63, 3.8) is 0 Å². The molecule has 0 atom stereocenters. The number of carbonyl (C=O) groups excluding carboxylic acids is 2. The fraction of sp³-hybridized carbons (Fsp3) is 0.370. The lowest BCUT2D eigenvalue weighted by Gasteiger charge is -2.28. The summed E-state index contributed by atoms with van der Waals surface area (Å²) in [5, 5.41) is 6.78. The molecule has 1 aliphatic heterocycles. The van der Waals surface area contributed by atoms with Gasteiger partial charge in [0.15, 0.2) is 0 Å². The minimum absolute atomic E-state index is 0.102. The Hall–Kier alpha value is -3.13. The Balaban J connectivity index is 1.31. The van der Waals surface area contributed by atoms with E-state index in [-0.39, 0.29) is 24.7 Å². The van der Waals surface area contributed by atoms with Gasteiger partial charge in [0.1, 0.15) is 11.6 Å². The summed E-state index contributed by atoms with van der Waals surface area (Å²) in [6, 6.07) is 13.5. The Kier molecular flexibility index (Phi) is 8.23. The maximum absolute atomic E-state index is 12.5. The number of ether oxygens (including phenoxy) is 1. The topological polar surface area (TPSA) is 83.6 Å². The van der Waals surface area contributed by atoms with E-state index in [1.54, 1.807) is 7.11 Å². The summed E-state index contributed by atoms with van der Waals surface area (Å²) < 4.78 is 6.24. The first kappa shape index (κ1) is 25.0. The second-order valence-corrected chi connectivity index (χ2v) is 9.77. The molecule has 35 heavy (non-hydrogen) atoms. The third-order valence-electron chi connectivity index (χ3n) is 6.26. The van der Waals surface area contributed by atoms with E-state index in [0.29, 0.717) is 18.0 Å². The van der Waals surface area contributed by atoms with Crippen LogP contribution in [0.2, 0.25) is 0 Å². The van der Waals surface area contributed by atoms with E-state index in [1.807, 2.05) is 36.4 Å². The van der Waals surface area contributed by atoms with E-state index in [4.69, 9.17) is 9.72 Å². The summed E-state index contributed by atoms with van der Waals surface area (Å²) >= 11 is 3.43. The van der Waals surface area contributed by atoms with Gasteiger partial charge >= 0.3 is 0 Å². The number of halogens is 1. The van der Waals surface area contributed by atoms with Gasteiger partial charge in [-0.3, -0.25) is 9.59 Å². The Morgan fingerprint density at radius 3 is 2.57 bits per heavy atom. The number of pyridine rings is 1. The molecule has 2 amide bonds. The molecule has 8 heteroatoms. The second kappa shape index (κ2) is 11.5. The largest absolute Gasteiger partial charge is 0.496 e. The Bertz CT molecular complexity index is 1220. The van der Waals surface area contributed by atoms with Gasteiger partial charge in [-0.05, 0) is 74.2 Å². The molecule has 1 saturated heterocycles. The molecule has 1 fully saturated rings. The number of hydrogen-bond donors (Lipinski definition) is 2. The molecule has 1 aromatic heterocycles. The van der Waals surface area contributed by atoms with Crippen LogP contribution in [0.5, 0.6) is 5.75 Å². The molecule has 184 valence electrons. The third-order valence-corrected chi connectivity index (χ3v) is 6.76. The Labute approximate surface area is 214 Å². The van der Waals surface area contributed by atoms with Crippen molar-refractivity contribution in [2.45, 2.75) is 45.6 Å². The van der Waals surface area contributed by atoms with E-state index < -0.39 is 0 Å². The smallest absolute Gasteiger partial charge is 0.224 e. The normalized spacial score (nSPS) is 13.5. The number of rotatable bonds is 8. The summed E-state index contributed by atoms with van der Waals surface area (Å²) in [4.78, 5) is 32.0. The predicted octanol–water partition coefficient (Wildman–Crippen LogP) is 5.34. The molecule has 0 aliphatic carbocycles. The molecule has 0 saturated carbocycles. The van der Waals surface area contributed by atoms with Crippen LogP contribution in [0.15, 0.2) is 46.9 Å². The molecule has 3 aromatic rings. The highest BCUT2D eigenvalue weighted by Gasteiger charge is 2.15. The number of aromatic nitrogens is 1. The van der Waals surface area contributed by atoms with Crippen LogP contribution in [-0.4, -0.2) is 37.0 Å². The van der Waals surface area contributed by atoms with Gasteiger partial charge in [-0.25, -0.2) is 4.98 Å². The minimum atomic E-state index is -0.199. The molecule has 0 spiro atoms. The van der Waals surface area contributed by atoms with Crippen LogP contribution in [0.3, 0.4) is 0 Å². The van der Waals surface area contributed by atoms with Crippen molar-refractivity contribution in [1.29, 1.82) is 0 Å². The number of anilines is 2. The molecule has 1 aliphatic rings. The highest BCUT2D eigenvalue weighted by Crippen LogP contribution is 2.27. The molecule has 2 aromatic carbocycles. The SMILES string of the molecule is COc1ccc(Br)cc1CNC(=O)CCC(=O)Nc1ccc2nc(N3CCCCC3)cc(C)c2c1. The molecule has 0 radical (unpaired) electrons. The van der Waals surface area contributed by atoms with Crippen molar-refractivity contribution in [3.8, 4) is 5.75 Å². The van der Waals surface area contributed by atoms with Crippen molar-refractivity contribution in [3.05, 3.63) is 58.1 Å². The van der Waals surface area contributed by atoms with Gasteiger partial charge in [0, 0.05) is 53.6 Å². The lowest BCUT2D eigenvalue weighted by Crippen LogP contribution is -2.30. The lowest BCUT2D eigenvalue weighted by molar-refractivity contribution is -0.124. The summed E-state index contributed by atoms with van der Waals surface area (Å²) in [7, 11) is 1.59. The van der Waals surface area contributed by atoms with Crippen molar-refractivity contribution < 1.29 is 14.3 Å². The first-order chi connectivity index (χ1) is 16.9. The van der Waals surface area contributed by atoms with Crippen LogP contribution in [-0.2, 0) is 16.1 Å². The number of nitrogens with zero attached hydrogens (tertiary/aromatic N) is 2. The molecule has 2 heterocycles. The first-order valence-electron chi connectivity index (χ1n) is 12.0. The van der Waals surface area contributed by atoms with Gasteiger partial charge < -0.3 is 20.3 Å². The molecular formula is C27H31BrN4O3. The van der Waals surface area contributed by atoms with Gasteiger partial charge in [0.2, 0.25) is 11.8 Å². The minimum Gasteiger partial charge on any atom is -0.496 e. The number of methoxy groups -OCH3 is 1. The number of nitrogens with one attached hydrogen (secondary N) is 2. The summed E-state index contributed by atoms with van der Waals surface area (Å²) in [6.45, 7) is 4.51. The third kappa shape index (κ3) is 6.51. The van der Waals surface area contributed by atoms with Gasteiger partial charge in [0.25, 0.3) is 0 Å². The highest BCUT2D eigenvalue weighted by atomic mass is 79.9. The van der Waals surface area contributed by atoms with E-state index in [9.17, 15) is 9.59 Å². The van der Waals surface area contributed by atoms with Gasteiger partial charge in [-0.15, -0.1) is 0 Å². The molecule has 0 bridgehead atoms. The van der Waals surface area contributed by atoms with E-state index in [2.05, 4.69) is 44.5 Å². The number of carbonyl (C=O) groups is 2. The average molecular weight is 539 g/mol. The van der Waals surface area contributed by atoms with Crippen LogP contribution in [0, 0.1) is 6.92 Å². The first-order valence-corrected chi connectivity index (χ1v) is 12.8. The van der Waals surface area contributed by atoms with Crippen LogP contribution in [0.1, 0.15) is 43.2 Å². The van der Waals surface area contributed by atoms with Crippen LogP contribution in [0.25, 0.3) is 10.9 Å². The van der Waals surface area contributed by atoms with Crippen molar-refractivity contribution >= 4 is 50.2 Å². The number of hydrogen-bond acceptors (Lipinski definition) is 5. The van der Waals surface area contributed by atoms with Crippen molar-refractivity contribution in [1.82, 2.24) is 10.3 Å². The van der Waals surface area contributed by atoms with Crippen LogP contribution in [0.4, 0.5) is 11.5 Å². The molecule has 4 rings (SSSR count). The molecular weight excluding hydrogens is 508 g/mol. The Morgan fingerprint density at radius 1 is 1.03 bits per heavy atom. The molecule has 0 unspecified atom stereocenters. The Morgan fingerprint density at radius 2 is 1.80 bits per heavy atom. The van der Waals surface area contributed by atoms with Gasteiger partial charge in [0.05, 0.1) is 12.6 Å². The summed E-state index contributed by atoms with van der Waals surface area (Å²) in [5.41, 5.74) is 3.63. The average Bonchev–Trinajstić information content (AvgIpc) is 2.87. The second-order valence-electron chi connectivity index (χ2n) is 8.86. The molecule has 2 N–H and O–H groups in total. The zero-order valence-corrected chi connectivity index (χ0v) is 21.8. The summed E-state index contributed by atoms with van der Waals surface area (Å²) in [6.07, 6.45) is 3.91. The number of benzene rings is 2. The standard InChI is InChI=1S/C27H31BrN4O3/c1-18-14-25(32-12-4-3-5-13-32)31-23-8-7-21(16-22(18)23)30-27(34)11-10-26(33)29-17-19-15-20(28)6-9-24(19)35-2/h6-9,14-16H,3-5,10-13,17H2,1-2H3,(H,29,33)(H,30,34). The number of aryl methyl sites for hydroxylation is 1. The highest BCUT2D eigenvalue weighted by molar-refractivity contribution is 9.10. The fourth-order valence-electron chi connectivity index (χ4n) is 4.36. The zero-order valence-electron chi connectivity index (χ0n) is 20.2. The quantitative estimate of drug-likeness (QED) is 0.404. The van der Waals surface area contributed by atoms with Gasteiger partial charge in [-0.1, -0.05) is 15.9 Å².